The van der Waals surface area contributed by atoms with Gasteiger partial charge in [-0.1, -0.05) is 19.1 Å². The molecule has 1 aromatic rings. The number of thiophene rings is 1. The number of carbonyl (C=O) groups excluding carboxylic acids is 1. The van der Waals surface area contributed by atoms with Crippen LogP contribution >= 0.6 is 11.3 Å². The van der Waals surface area contributed by atoms with Crippen molar-refractivity contribution >= 4 is 17.2 Å². The summed E-state index contributed by atoms with van der Waals surface area (Å²) in [5, 5.41) is 4.96. The van der Waals surface area contributed by atoms with Crippen LogP contribution in [0.25, 0.3) is 0 Å². The lowest BCUT2D eigenvalue weighted by Gasteiger charge is -2.03. The molecule has 0 aliphatic rings. The zero-order valence-electron chi connectivity index (χ0n) is 9.25. The third-order valence-corrected chi connectivity index (χ3v) is 3.04. The van der Waals surface area contributed by atoms with E-state index in [9.17, 15) is 4.79 Å². The monoisotopic (exact) mass is 223 g/mol. The van der Waals surface area contributed by atoms with Gasteiger partial charge in [0, 0.05) is 17.0 Å². The van der Waals surface area contributed by atoms with Crippen molar-refractivity contribution in [1.29, 1.82) is 0 Å². The first-order valence-corrected chi connectivity index (χ1v) is 6.09. The molecule has 82 valence electrons. The summed E-state index contributed by atoms with van der Waals surface area (Å²) < 4.78 is 0. The van der Waals surface area contributed by atoms with Crippen LogP contribution in [-0.2, 0) is 11.2 Å². The van der Waals surface area contributed by atoms with E-state index in [1.165, 1.54) is 4.88 Å². The van der Waals surface area contributed by atoms with Gasteiger partial charge in [0.05, 0.1) is 0 Å². The normalized spacial score (nSPS) is 11.5. The second-order valence-electron chi connectivity index (χ2n) is 3.38. The van der Waals surface area contributed by atoms with E-state index in [-0.39, 0.29) is 5.91 Å². The molecule has 0 aromatic carbocycles. The van der Waals surface area contributed by atoms with Crippen molar-refractivity contribution in [2.75, 3.05) is 6.54 Å². The minimum atomic E-state index is 0.0495. The standard InChI is InChI=1S/C12H17NOS/c1-3-5-10(2)12(14)13-8-7-11-6-4-9-15-11/h4-6,9H,3,7-8H2,1-2H3,(H,13,14)/b10-5+. The first-order chi connectivity index (χ1) is 7.24. The Kier molecular flexibility index (Phi) is 5.12. The van der Waals surface area contributed by atoms with E-state index in [4.69, 9.17) is 0 Å². The third-order valence-electron chi connectivity index (χ3n) is 2.11. The van der Waals surface area contributed by atoms with Crippen molar-refractivity contribution in [3.63, 3.8) is 0 Å². The summed E-state index contributed by atoms with van der Waals surface area (Å²) in [7, 11) is 0. The largest absolute Gasteiger partial charge is 0.352 e. The van der Waals surface area contributed by atoms with Gasteiger partial charge in [-0.25, -0.2) is 0 Å². The molecule has 15 heavy (non-hydrogen) atoms. The molecule has 0 saturated heterocycles. The van der Waals surface area contributed by atoms with E-state index >= 15 is 0 Å². The number of hydrogen-bond donors (Lipinski definition) is 1. The molecular formula is C12H17NOS. The molecule has 1 N–H and O–H groups in total. The number of rotatable bonds is 5. The number of carbonyl (C=O) groups is 1. The molecule has 1 heterocycles. The van der Waals surface area contributed by atoms with Gasteiger partial charge < -0.3 is 5.32 Å². The maximum Gasteiger partial charge on any atom is 0.246 e. The minimum absolute atomic E-state index is 0.0495. The average Bonchev–Trinajstić information content (AvgIpc) is 2.71. The molecule has 0 unspecified atom stereocenters. The lowest BCUT2D eigenvalue weighted by molar-refractivity contribution is -0.117. The summed E-state index contributed by atoms with van der Waals surface area (Å²) >= 11 is 1.73. The molecule has 1 rings (SSSR count). The fraction of sp³-hybridized carbons (Fsp3) is 0.417. The molecule has 0 spiro atoms. The zero-order chi connectivity index (χ0) is 11.1. The zero-order valence-corrected chi connectivity index (χ0v) is 10.1. The molecular weight excluding hydrogens is 206 g/mol. The van der Waals surface area contributed by atoms with Crippen molar-refractivity contribution in [2.45, 2.75) is 26.7 Å². The van der Waals surface area contributed by atoms with Gasteiger partial charge in [0.25, 0.3) is 0 Å². The molecule has 0 radical (unpaired) electrons. The van der Waals surface area contributed by atoms with E-state index in [1.54, 1.807) is 11.3 Å². The van der Waals surface area contributed by atoms with E-state index in [0.29, 0.717) is 6.54 Å². The van der Waals surface area contributed by atoms with Crippen LogP contribution in [0.4, 0.5) is 0 Å². The molecule has 0 aliphatic carbocycles. The van der Waals surface area contributed by atoms with Crippen LogP contribution in [0.1, 0.15) is 25.1 Å². The first kappa shape index (κ1) is 12.0. The number of nitrogens with one attached hydrogen (secondary N) is 1. The van der Waals surface area contributed by atoms with Crippen LogP contribution in [0.15, 0.2) is 29.2 Å². The van der Waals surface area contributed by atoms with Gasteiger partial charge in [-0.05, 0) is 31.2 Å². The van der Waals surface area contributed by atoms with Gasteiger partial charge in [0.1, 0.15) is 0 Å². The van der Waals surface area contributed by atoms with E-state index in [0.717, 1.165) is 18.4 Å². The van der Waals surface area contributed by atoms with Gasteiger partial charge in [0.2, 0.25) is 5.91 Å². The lowest BCUT2D eigenvalue weighted by atomic mass is 10.2. The molecule has 0 fully saturated rings. The maximum atomic E-state index is 11.5. The topological polar surface area (TPSA) is 29.1 Å². The number of amides is 1. The average molecular weight is 223 g/mol. The van der Waals surface area contributed by atoms with Crippen molar-refractivity contribution in [1.82, 2.24) is 5.32 Å². The molecule has 1 aromatic heterocycles. The van der Waals surface area contributed by atoms with Crippen LogP contribution in [0.2, 0.25) is 0 Å². The molecule has 0 atom stereocenters. The molecule has 1 amide bonds. The van der Waals surface area contributed by atoms with E-state index in [2.05, 4.69) is 16.8 Å². The second-order valence-corrected chi connectivity index (χ2v) is 4.41. The van der Waals surface area contributed by atoms with Crippen LogP contribution in [0.5, 0.6) is 0 Å². The Morgan fingerprint density at radius 1 is 1.60 bits per heavy atom. The Bertz CT molecular complexity index is 327. The fourth-order valence-corrected chi connectivity index (χ4v) is 2.00. The molecule has 2 nitrogen and oxygen atoms in total. The lowest BCUT2D eigenvalue weighted by Crippen LogP contribution is -2.26. The molecule has 0 bridgehead atoms. The summed E-state index contributed by atoms with van der Waals surface area (Å²) in [6.07, 6.45) is 3.77. The highest BCUT2D eigenvalue weighted by atomic mass is 32.1. The van der Waals surface area contributed by atoms with Crippen molar-refractivity contribution < 1.29 is 4.79 Å². The second kappa shape index (κ2) is 6.40. The van der Waals surface area contributed by atoms with Crippen LogP contribution < -0.4 is 5.32 Å². The van der Waals surface area contributed by atoms with Crippen LogP contribution in [-0.4, -0.2) is 12.5 Å². The van der Waals surface area contributed by atoms with Crippen molar-refractivity contribution in [2.24, 2.45) is 0 Å². The minimum Gasteiger partial charge on any atom is -0.352 e. The maximum absolute atomic E-state index is 11.5. The highest BCUT2D eigenvalue weighted by Crippen LogP contribution is 2.08. The summed E-state index contributed by atoms with van der Waals surface area (Å²) in [6, 6.07) is 4.12. The Hall–Kier alpha value is -1.09. The van der Waals surface area contributed by atoms with Gasteiger partial charge >= 0.3 is 0 Å². The van der Waals surface area contributed by atoms with Gasteiger partial charge in [-0.2, -0.15) is 0 Å². The summed E-state index contributed by atoms with van der Waals surface area (Å²) in [4.78, 5) is 12.8. The van der Waals surface area contributed by atoms with Crippen LogP contribution in [0, 0.1) is 0 Å². The Morgan fingerprint density at radius 2 is 2.40 bits per heavy atom. The fourth-order valence-electron chi connectivity index (χ4n) is 1.29. The van der Waals surface area contributed by atoms with E-state index < -0.39 is 0 Å². The van der Waals surface area contributed by atoms with Crippen molar-refractivity contribution in [3.8, 4) is 0 Å². The summed E-state index contributed by atoms with van der Waals surface area (Å²) in [5.74, 6) is 0.0495. The van der Waals surface area contributed by atoms with E-state index in [1.807, 2.05) is 26.0 Å². The Morgan fingerprint density at radius 3 is 3.00 bits per heavy atom. The Balaban J connectivity index is 2.26. The quantitative estimate of drug-likeness (QED) is 0.764. The van der Waals surface area contributed by atoms with Gasteiger partial charge in [-0.3, -0.25) is 4.79 Å². The molecule has 0 aliphatic heterocycles. The Labute approximate surface area is 95.0 Å². The van der Waals surface area contributed by atoms with Gasteiger partial charge in [-0.15, -0.1) is 11.3 Å². The van der Waals surface area contributed by atoms with Crippen LogP contribution in [0.3, 0.4) is 0 Å². The van der Waals surface area contributed by atoms with Crippen molar-refractivity contribution in [3.05, 3.63) is 34.0 Å². The number of hydrogen-bond acceptors (Lipinski definition) is 2. The smallest absolute Gasteiger partial charge is 0.246 e. The predicted molar refractivity (Wildman–Crippen MR) is 65.1 cm³/mol. The first-order valence-electron chi connectivity index (χ1n) is 5.21. The SMILES string of the molecule is CC/C=C(\C)C(=O)NCCc1cccs1. The highest BCUT2D eigenvalue weighted by molar-refractivity contribution is 7.09. The predicted octanol–water partition coefficient (Wildman–Crippen LogP) is 2.76. The summed E-state index contributed by atoms with van der Waals surface area (Å²) in [5.41, 5.74) is 0.809. The summed E-state index contributed by atoms with van der Waals surface area (Å²) in [6.45, 7) is 4.60. The third kappa shape index (κ3) is 4.30. The molecule has 0 saturated carbocycles. The van der Waals surface area contributed by atoms with Gasteiger partial charge in [0.15, 0.2) is 0 Å². The highest BCUT2D eigenvalue weighted by Gasteiger charge is 2.02. The number of allylic oxidation sites excluding steroid dienone is 1. The molecule has 3 heteroatoms.